The van der Waals surface area contributed by atoms with E-state index >= 15 is 0 Å². The molecule has 0 radical (unpaired) electrons. The monoisotopic (exact) mass is 236 g/mol. The van der Waals surface area contributed by atoms with Gasteiger partial charge in [0.1, 0.15) is 5.75 Å². The predicted octanol–water partition coefficient (Wildman–Crippen LogP) is 1.39. The fourth-order valence-corrected chi connectivity index (χ4v) is 1.65. The summed E-state index contributed by atoms with van der Waals surface area (Å²) in [5, 5.41) is 2.90. The Balaban J connectivity index is 3.00. The third-order valence-electron chi connectivity index (χ3n) is 2.63. The number of carbonyl (C=O) groups is 1. The molecule has 3 N–H and O–H groups in total. The van der Waals surface area contributed by atoms with Crippen LogP contribution in [0.1, 0.15) is 26.3 Å². The average molecular weight is 236 g/mol. The summed E-state index contributed by atoms with van der Waals surface area (Å²) in [6, 6.07) is 7.09. The summed E-state index contributed by atoms with van der Waals surface area (Å²) < 4.78 is 5.29. The van der Waals surface area contributed by atoms with Gasteiger partial charge in [-0.3, -0.25) is 4.79 Å². The molecule has 4 nitrogen and oxygen atoms in total. The maximum Gasteiger partial charge on any atom is 0.237 e. The maximum atomic E-state index is 11.7. The summed E-state index contributed by atoms with van der Waals surface area (Å²) in [6.07, 6.45) is 0. The summed E-state index contributed by atoms with van der Waals surface area (Å²) in [6.45, 7) is 5.50. The van der Waals surface area contributed by atoms with Crippen molar-refractivity contribution in [3.05, 3.63) is 29.8 Å². The number of nitrogens with one attached hydrogen (secondary N) is 1. The van der Waals surface area contributed by atoms with Crippen LogP contribution in [0.2, 0.25) is 0 Å². The first kappa shape index (κ1) is 13.5. The van der Waals surface area contributed by atoms with Gasteiger partial charge < -0.3 is 15.8 Å². The van der Waals surface area contributed by atoms with Gasteiger partial charge in [0.25, 0.3) is 0 Å². The Morgan fingerprint density at radius 2 is 2.00 bits per heavy atom. The normalized spacial score (nSPS) is 13.0. The molecule has 0 saturated heterocycles. The number of amides is 1. The third kappa shape index (κ3) is 3.20. The van der Waals surface area contributed by atoms with Gasteiger partial charge in [0.15, 0.2) is 0 Å². The highest BCUT2D eigenvalue weighted by Crippen LogP contribution is 2.29. The molecule has 0 spiro atoms. The van der Waals surface area contributed by atoms with Crippen LogP contribution in [0, 0.1) is 0 Å². The lowest BCUT2D eigenvalue weighted by molar-refractivity contribution is -0.123. The molecule has 0 aliphatic carbocycles. The maximum absolute atomic E-state index is 11.7. The van der Waals surface area contributed by atoms with E-state index in [9.17, 15) is 4.79 Å². The number of para-hydroxylation sites is 1. The van der Waals surface area contributed by atoms with Gasteiger partial charge in [0, 0.05) is 5.56 Å². The van der Waals surface area contributed by atoms with Crippen molar-refractivity contribution in [3.8, 4) is 5.75 Å². The zero-order valence-electron chi connectivity index (χ0n) is 10.8. The van der Waals surface area contributed by atoms with Crippen LogP contribution in [0.25, 0.3) is 0 Å². The van der Waals surface area contributed by atoms with Gasteiger partial charge in [-0.15, -0.1) is 0 Å². The van der Waals surface area contributed by atoms with Crippen molar-refractivity contribution >= 4 is 5.91 Å². The highest BCUT2D eigenvalue weighted by molar-refractivity contribution is 5.82. The molecular weight excluding hydrogens is 216 g/mol. The molecule has 0 unspecified atom stereocenters. The molecule has 94 valence electrons. The van der Waals surface area contributed by atoms with Crippen molar-refractivity contribution in [1.29, 1.82) is 0 Å². The van der Waals surface area contributed by atoms with Crippen molar-refractivity contribution in [1.82, 2.24) is 5.32 Å². The minimum absolute atomic E-state index is 0.180. The Kier molecular flexibility index (Phi) is 4.12. The molecule has 0 saturated carbocycles. The predicted molar refractivity (Wildman–Crippen MR) is 67.8 cm³/mol. The second-order valence-corrected chi connectivity index (χ2v) is 4.60. The molecule has 1 aromatic rings. The number of methoxy groups -OCH3 is 1. The second kappa shape index (κ2) is 5.19. The lowest BCUT2D eigenvalue weighted by atomic mass is 9.93. The zero-order chi connectivity index (χ0) is 13.1. The first-order valence-electron chi connectivity index (χ1n) is 5.59. The van der Waals surface area contributed by atoms with Gasteiger partial charge in [-0.1, -0.05) is 18.2 Å². The quantitative estimate of drug-likeness (QED) is 0.830. The number of carbonyl (C=O) groups excluding carboxylic acids is 1. The van der Waals surface area contributed by atoms with Crippen LogP contribution in [0.3, 0.4) is 0 Å². The molecule has 4 heteroatoms. The molecule has 1 aromatic carbocycles. The Morgan fingerprint density at radius 1 is 1.41 bits per heavy atom. The van der Waals surface area contributed by atoms with Crippen molar-refractivity contribution in [2.45, 2.75) is 32.4 Å². The molecule has 17 heavy (non-hydrogen) atoms. The lowest BCUT2D eigenvalue weighted by Crippen LogP contribution is -2.47. The molecule has 1 amide bonds. The SMILES string of the molecule is COc1ccccc1C(C)(C)NC(=O)[C@H](C)N. The molecule has 0 heterocycles. The van der Waals surface area contributed by atoms with Crippen molar-refractivity contribution in [3.63, 3.8) is 0 Å². The molecule has 1 rings (SSSR count). The first-order valence-corrected chi connectivity index (χ1v) is 5.59. The standard InChI is InChI=1S/C13H20N2O2/c1-9(14)12(16)15-13(2,3)10-7-5-6-8-11(10)17-4/h5-9H,14H2,1-4H3,(H,15,16)/t9-/m0/s1. The van der Waals surface area contributed by atoms with Crippen LogP contribution in [0.15, 0.2) is 24.3 Å². The Bertz CT molecular complexity index is 400. The highest BCUT2D eigenvalue weighted by atomic mass is 16.5. The number of nitrogens with two attached hydrogens (primary N) is 1. The largest absolute Gasteiger partial charge is 0.496 e. The summed E-state index contributed by atoms with van der Waals surface area (Å²) in [4.78, 5) is 11.7. The van der Waals surface area contributed by atoms with Gasteiger partial charge in [-0.25, -0.2) is 0 Å². The molecule has 0 aliphatic rings. The molecule has 0 fully saturated rings. The Labute approximate surface area is 102 Å². The van der Waals surface area contributed by atoms with E-state index in [0.29, 0.717) is 0 Å². The van der Waals surface area contributed by atoms with E-state index in [2.05, 4.69) is 5.32 Å². The number of hydrogen-bond acceptors (Lipinski definition) is 3. The number of rotatable bonds is 4. The highest BCUT2D eigenvalue weighted by Gasteiger charge is 2.26. The lowest BCUT2D eigenvalue weighted by Gasteiger charge is -2.29. The van der Waals surface area contributed by atoms with E-state index in [1.807, 2.05) is 38.1 Å². The first-order chi connectivity index (χ1) is 7.88. The van der Waals surface area contributed by atoms with Crippen LogP contribution in [0.5, 0.6) is 5.75 Å². The van der Waals surface area contributed by atoms with Crippen LogP contribution in [-0.4, -0.2) is 19.1 Å². The van der Waals surface area contributed by atoms with Gasteiger partial charge in [0.05, 0.1) is 18.7 Å². The molecule has 0 aliphatic heterocycles. The molecule has 1 atom stereocenters. The van der Waals surface area contributed by atoms with Gasteiger partial charge in [-0.05, 0) is 26.8 Å². The third-order valence-corrected chi connectivity index (χ3v) is 2.63. The fraction of sp³-hybridized carbons (Fsp3) is 0.462. The summed E-state index contributed by atoms with van der Waals surface area (Å²) >= 11 is 0. The molecule has 0 bridgehead atoms. The minimum Gasteiger partial charge on any atom is -0.496 e. The fourth-order valence-electron chi connectivity index (χ4n) is 1.65. The zero-order valence-corrected chi connectivity index (χ0v) is 10.8. The van der Waals surface area contributed by atoms with Crippen LogP contribution in [0.4, 0.5) is 0 Å². The van der Waals surface area contributed by atoms with E-state index in [-0.39, 0.29) is 5.91 Å². The number of ether oxygens (including phenoxy) is 1. The topological polar surface area (TPSA) is 64.3 Å². The summed E-state index contributed by atoms with van der Waals surface area (Å²) in [5.74, 6) is 0.573. The Morgan fingerprint density at radius 3 is 2.53 bits per heavy atom. The van der Waals surface area contributed by atoms with Crippen LogP contribution in [-0.2, 0) is 10.3 Å². The van der Waals surface area contributed by atoms with Crippen LogP contribution >= 0.6 is 0 Å². The second-order valence-electron chi connectivity index (χ2n) is 4.60. The van der Waals surface area contributed by atoms with Crippen LogP contribution < -0.4 is 15.8 Å². The summed E-state index contributed by atoms with van der Waals surface area (Å²) in [5.41, 5.74) is 5.96. The number of hydrogen-bond donors (Lipinski definition) is 2. The van der Waals surface area contributed by atoms with Crippen molar-refractivity contribution < 1.29 is 9.53 Å². The number of benzene rings is 1. The summed E-state index contributed by atoms with van der Waals surface area (Å²) in [7, 11) is 1.61. The molecule has 0 aromatic heterocycles. The van der Waals surface area contributed by atoms with Crippen molar-refractivity contribution in [2.24, 2.45) is 5.73 Å². The van der Waals surface area contributed by atoms with E-state index < -0.39 is 11.6 Å². The van der Waals surface area contributed by atoms with Gasteiger partial charge in [-0.2, -0.15) is 0 Å². The van der Waals surface area contributed by atoms with Crippen molar-refractivity contribution in [2.75, 3.05) is 7.11 Å². The van der Waals surface area contributed by atoms with Gasteiger partial charge in [0.2, 0.25) is 5.91 Å². The van der Waals surface area contributed by atoms with E-state index in [0.717, 1.165) is 11.3 Å². The molecular formula is C13H20N2O2. The smallest absolute Gasteiger partial charge is 0.237 e. The van der Waals surface area contributed by atoms with E-state index in [4.69, 9.17) is 10.5 Å². The van der Waals surface area contributed by atoms with E-state index in [1.54, 1.807) is 14.0 Å². The Hall–Kier alpha value is -1.55. The minimum atomic E-state index is -0.524. The van der Waals surface area contributed by atoms with E-state index in [1.165, 1.54) is 0 Å². The van der Waals surface area contributed by atoms with Gasteiger partial charge >= 0.3 is 0 Å². The average Bonchev–Trinajstić information content (AvgIpc) is 2.28.